The standard InChI is InChI=1S/C25H22FNO4/c1-30-24-16-18(15-23(29)25(24)31-2)4-3-17-5-11-21(12-6-17)27-14-13-22(28)19-7-9-20(26)10-8-19/h3-16,27,29H,1-2H3/b4-3-,14-13-. The number of aromatic hydroxyl groups is 1. The fourth-order valence-corrected chi connectivity index (χ4v) is 2.87. The Morgan fingerprint density at radius 3 is 2.26 bits per heavy atom. The van der Waals surface area contributed by atoms with Crippen LogP contribution in [0.15, 0.2) is 72.9 Å². The number of hydrogen-bond acceptors (Lipinski definition) is 5. The maximum absolute atomic E-state index is 12.9. The van der Waals surface area contributed by atoms with E-state index in [1.807, 2.05) is 36.4 Å². The van der Waals surface area contributed by atoms with Gasteiger partial charge in [0, 0.05) is 23.5 Å². The molecule has 31 heavy (non-hydrogen) atoms. The summed E-state index contributed by atoms with van der Waals surface area (Å²) in [4.78, 5) is 12.0. The first-order chi connectivity index (χ1) is 15.0. The number of rotatable bonds is 8. The van der Waals surface area contributed by atoms with E-state index < -0.39 is 0 Å². The van der Waals surface area contributed by atoms with Crippen molar-refractivity contribution in [2.45, 2.75) is 0 Å². The van der Waals surface area contributed by atoms with E-state index in [1.54, 1.807) is 18.3 Å². The second-order valence-corrected chi connectivity index (χ2v) is 6.58. The quantitative estimate of drug-likeness (QED) is 0.286. The molecule has 3 aromatic carbocycles. The highest BCUT2D eigenvalue weighted by Gasteiger charge is 2.10. The summed E-state index contributed by atoms with van der Waals surface area (Å²) in [5.41, 5.74) is 2.94. The third-order valence-corrected chi connectivity index (χ3v) is 4.47. The van der Waals surface area contributed by atoms with Crippen LogP contribution in [-0.4, -0.2) is 25.1 Å². The number of methoxy groups -OCH3 is 2. The van der Waals surface area contributed by atoms with Gasteiger partial charge in [0.25, 0.3) is 0 Å². The van der Waals surface area contributed by atoms with Crippen LogP contribution in [-0.2, 0) is 0 Å². The summed E-state index contributed by atoms with van der Waals surface area (Å²) in [6.45, 7) is 0. The Morgan fingerprint density at radius 1 is 0.935 bits per heavy atom. The molecule has 0 saturated heterocycles. The Labute approximate surface area is 180 Å². The minimum atomic E-state index is -0.379. The molecule has 6 heteroatoms. The largest absolute Gasteiger partial charge is 0.504 e. The minimum Gasteiger partial charge on any atom is -0.504 e. The average molecular weight is 419 g/mol. The van der Waals surface area contributed by atoms with E-state index in [0.29, 0.717) is 17.1 Å². The monoisotopic (exact) mass is 419 g/mol. The van der Waals surface area contributed by atoms with E-state index in [9.17, 15) is 14.3 Å². The molecule has 0 unspecified atom stereocenters. The average Bonchev–Trinajstić information content (AvgIpc) is 2.78. The number of nitrogens with one attached hydrogen (secondary N) is 1. The van der Waals surface area contributed by atoms with Crippen LogP contribution in [0.4, 0.5) is 10.1 Å². The molecule has 0 aliphatic carbocycles. The van der Waals surface area contributed by atoms with Gasteiger partial charge in [0.15, 0.2) is 17.3 Å². The maximum Gasteiger partial charge on any atom is 0.203 e. The number of phenols is 1. The lowest BCUT2D eigenvalue weighted by Crippen LogP contribution is -1.96. The van der Waals surface area contributed by atoms with Crippen molar-refractivity contribution in [3.05, 3.63) is 95.4 Å². The molecule has 0 fully saturated rings. The van der Waals surface area contributed by atoms with Crippen molar-refractivity contribution in [1.82, 2.24) is 0 Å². The number of halogens is 1. The summed E-state index contributed by atoms with van der Waals surface area (Å²) in [7, 11) is 2.98. The molecule has 2 N–H and O–H groups in total. The SMILES string of the molecule is COc1cc(/C=C\c2ccc(N/C=C\C(=O)c3ccc(F)cc3)cc2)cc(O)c1OC. The molecule has 0 aliphatic heterocycles. The predicted molar refractivity (Wildman–Crippen MR) is 120 cm³/mol. The van der Waals surface area contributed by atoms with Crippen LogP contribution in [0.1, 0.15) is 21.5 Å². The number of anilines is 1. The molecule has 158 valence electrons. The van der Waals surface area contributed by atoms with Crippen molar-refractivity contribution >= 4 is 23.6 Å². The molecule has 5 nitrogen and oxygen atoms in total. The first-order valence-corrected chi connectivity index (χ1v) is 9.46. The molecular weight excluding hydrogens is 397 g/mol. The third-order valence-electron chi connectivity index (χ3n) is 4.47. The van der Waals surface area contributed by atoms with Crippen molar-refractivity contribution < 1.29 is 23.8 Å². The second-order valence-electron chi connectivity index (χ2n) is 6.58. The summed E-state index contributed by atoms with van der Waals surface area (Å²) in [6, 6.07) is 16.3. The smallest absolute Gasteiger partial charge is 0.203 e. The number of hydrogen-bond donors (Lipinski definition) is 2. The fourth-order valence-electron chi connectivity index (χ4n) is 2.87. The molecule has 0 atom stereocenters. The minimum absolute atomic E-state index is 0.00280. The molecule has 0 spiro atoms. The third kappa shape index (κ3) is 5.73. The van der Waals surface area contributed by atoms with Gasteiger partial charge in [0.1, 0.15) is 5.82 Å². The summed E-state index contributed by atoms with van der Waals surface area (Å²) in [6.07, 6.45) is 6.69. The lowest BCUT2D eigenvalue weighted by molar-refractivity contribution is 0.104. The molecule has 0 amide bonds. The molecule has 0 radical (unpaired) electrons. The number of ketones is 1. The molecule has 0 aliphatic rings. The van der Waals surface area contributed by atoms with Crippen LogP contribution < -0.4 is 14.8 Å². The van der Waals surface area contributed by atoms with E-state index in [0.717, 1.165) is 16.8 Å². The molecule has 0 saturated carbocycles. The zero-order valence-electron chi connectivity index (χ0n) is 17.1. The van der Waals surface area contributed by atoms with Gasteiger partial charge in [-0.05, 0) is 59.7 Å². The van der Waals surface area contributed by atoms with Crippen molar-refractivity contribution in [1.29, 1.82) is 0 Å². The van der Waals surface area contributed by atoms with Gasteiger partial charge in [0.05, 0.1) is 14.2 Å². The van der Waals surface area contributed by atoms with Gasteiger partial charge in [-0.25, -0.2) is 4.39 Å². The summed E-state index contributed by atoms with van der Waals surface area (Å²) in [5, 5.41) is 13.1. The first-order valence-electron chi connectivity index (χ1n) is 9.46. The summed E-state index contributed by atoms with van der Waals surface area (Å²) < 4.78 is 23.3. The Morgan fingerprint density at radius 2 is 1.61 bits per heavy atom. The van der Waals surface area contributed by atoms with Gasteiger partial charge in [-0.1, -0.05) is 24.3 Å². The number of ether oxygens (including phenoxy) is 2. The van der Waals surface area contributed by atoms with Crippen LogP contribution in [0.25, 0.3) is 12.2 Å². The molecule has 3 rings (SSSR count). The van der Waals surface area contributed by atoms with E-state index in [-0.39, 0.29) is 17.3 Å². The van der Waals surface area contributed by atoms with Gasteiger partial charge < -0.3 is 19.9 Å². The molecule has 0 aromatic heterocycles. The number of carbonyl (C=O) groups excluding carboxylic acids is 1. The topological polar surface area (TPSA) is 67.8 Å². The number of phenolic OH excluding ortho intramolecular Hbond substituents is 1. The van der Waals surface area contributed by atoms with Gasteiger partial charge in [-0.2, -0.15) is 0 Å². The first kappa shape index (κ1) is 21.6. The van der Waals surface area contributed by atoms with Crippen molar-refractivity contribution in [2.24, 2.45) is 0 Å². The highest BCUT2D eigenvalue weighted by atomic mass is 19.1. The van der Waals surface area contributed by atoms with Gasteiger partial charge >= 0.3 is 0 Å². The van der Waals surface area contributed by atoms with Crippen LogP contribution in [0.3, 0.4) is 0 Å². The van der Waals surface area contributed by atoms with Crippen LogP contribution in [0.5, 0.6) is 17.2 Å². The lowest BCUT2D eigenvalue weighted by Gasteiger charge is -2.10. The number of benzene rings is 3. The highest BCUT2D eigenvalue weighted by Crippen LogP contribution is 2.37. The fraction of sp³-hybridized carbons (Fsp3) is 0.0800. The Balaban J connectivity index is 1.62. The molecular formula is C25H22FNO4. The van der Waals surface area contributed by atoms with Gasteiger partial charge in [-0.3, -0.25) is 4.79 Å². The lowest BCUT2D eigenvalue weighted by atomic mass is 10.1. The summed E-state index contributed by atoms with van der Waals surface area (Å²) >= 11 is 0. The van der Waals surface area contributed by atoms with Crippen LogP contribution in [0, 0.1) is 5.82 Å². The van der Waals surface area contributed by atoms with E-state index in [1.165, 1.54) is 44.6 Å². The Kier molecular flexibility index (Phi) is 7.06. The maximum atomic E-state index is 12.9. The molecule has 3 aromatic rings. The van der Waals surface area contributed by atoms with Crippen LogP contribution in [0.2, 0.25) is 0 Å². The number of carbonyl (C=O) groups is 1. The van der Waals surface area contributed by atoms with E-state index in [2.05, 4.69) is 5.32 Å². The molecule has 0 heterocycles. The van der Waals surface area contributed by atoms with Gasteiger partial charge in [0.2, 0.25) is 5.75 Å². The van der Waals surface area contributed by atoms with Crippen molar-refractivity contribution in [2.75, 3.05) is 19.5 Å². The Bertz CT molecular complexity index is 1100. The predicted octanol–water partition coefficient (Wildman–Crippen LogP) is 5.53. The molecule has 0 bridgehead atoms. The normalized spacial score (nSPS) is 11.1. The zero-order chi connectivity index (χ0) is 22.2. The zero-order valence-corrected chi connectivity index (χ0v) is 17.1. The second kappa shape index (κ2) is 10.1. The van der Waals surface area contributed by atoms with E-state index in [4.69, 9.17) is 9.47 Å². The van der Waals surface area contributed by atoms with E-state index >= 15 is 0 Å². The number of allylic oxidation sites excluding steroid dienone is 1. The highest BCUT2D eigenvalue weighted by molar-refractivity contribution is 6.04. The van der Waals surface area contributed by atoms with Crippen LogP contribution >= 0.6 is 0 Å². The van der Waals surface area contributed by atoms with Gasteiger partial charge in [-0.15, -0.1) is 0 Å². The van der Waals surface area contributed by atoms with Crippen molar-refractivity contribution in [3.63, 3.8) is 0 Å². The van der Waals surface area contributed by atoms with Crippen molar-refractivity contribution in [3.8, 4) is 17.2 Å². The summed E-state index contributed by atoms with van der Waals surface area (Å²) in [5.74, 6) is 0.147. The Hall–Kier alpha value is -4.06.